The quantitative estimate of drug-likeness (QED) is 0.0477. The number of carboxylic acids is 2. The number of aliphatic carboxylic acids is 2. The van der Waals surface area contributed by atoms with Gasteiger partial charge < -0.3 is 19.8 Å². The van der Waals surface area contributed by atoms with Crippen LogP contribution in [0.3, 0.4) is 0 Å². The molecule has 0 fully saturated rings. The van der Waals surface area contributed by atoms with Crippen molar-refractivity contribution in [2.75, 3.05) is 46.9 Å². The molecule has 0 aromatic carbocycles. The number of unbranched alkanes of at least 4 members (excludes halogenated alkanes) is 26. The van der Waals surface area contributed by atoms with E-state index < -0.39 is 11.9 Å². The second-order valence-electron chi connectivity index (χ2n) is 15.2. The van der Waals surface area contributed by atoms with Crippen LogP contribution in [-0.4, -0.2) is 84.8 Å². The van der Waals surface area contributed by atoms with Crippen molar-refractivity contribution in [1.29, 1.82) is 0 Å². The van der Waals surface area contributed by atoms with Gasteiger partial charge in [-0.05, 0) is 65.8 Å². The van der Waals surface area contributed by atoms with E-state index in [4.69, 9.17) is 14.9 Å². The van der Waals surface area contributed by atoms with Crippen molar-refractivity contribution in [2.45, 2.75) is 205 Å². The molecule has 0 saturated carbocycles. The maximum atomic E-state index is 12.2. The van der Waals surface area contributed by atoms with Crippen molar-refractivity contribution in [2.24, 2.45) is 0 Å². The van der Waals surface area contributed by atoms with Crippen LogP contribution in [0.2, 0.25) is 0 Å². The highest BCUT2D eigenvalue weighted by molar-refractivity contribution is 5.69. The summed E-state index contributed by atoms with van der Waals surface area (Å²) >= 11 is 0. The summed E-state index contributed by atoms with van der Waals surface area (Å²) in [5.74, 6) is -1.40. The fraction of sp³-hybridized carbons (Fsp3) is 0.929. The first-order valence-corrected chi connectivity index (χ1v) is 21.3. The largest absolute Gasteiger partial charge is 0.481 e. The van der Waals surface area contributed by atoms with Crippen molar-refractivity contribution in [3.05, 3.63) is 0 Å². The number of hydrogen-bond donors (Lipinski definition) is 2. The number of hydrogen-bond acceptors (Lipinski definition) is 6. The number of ether oxygens (including phenoxy) is 1. The van der Waals surface area contributed by atoms with Crippen LogP contribution < -0.4 is 0 Å². The number of carbonyl (C=O) groups excluding carboxylic acids is 1. The zero-order valence-corrected chi connectivity index (χ0v) is 33.1. The van der Waals surface area contributed by atoms with Gasteiger partial charge in [0.05, 0.1) is 0 Å². The van der Waals surface area contributed by atoms with Crippen LogP contribution in [-0.2, 0) is 19.1 Å². The van der Waals surface area contributed by atoms with Gasteiger partial charge in [-0.2, -0.15) is 0 Å². The molecule has 0 spiro atoms. The summed E-state index contributed by atoms with van der Waals surface area (Å²) in [6.45, 7) is 4.49. The first-order chi connectivity index (χ1) is 24.3. The Labute approximate surface area is 308 Å². The highest BCUT2D eigenvalue weighted by Crippen LogP contribution is 2.15. The second-order valence-corrected chi connectivity index (χ2v) is 15.2. The SMILES string of the molecule is CN(C)CCCC(=O)OCCN(CCCCCCCCCCCCCCCCC(=O)O)CCCCCCCCCCCCCCCCC(=O)O. The van der Waals surface area contributed by atoms with Gasteiger partial charge in [0.15, 0.2) is 0 Å². The average molecular weight is 711 g/mol. The maximum Gasteiger partial charge on any atom is 0.305 e. The topological polar surface area (TPSA) is 107 Å². The highest BCUT2D eigenvalue weighted by Gasteiger charge is 2.08. The smallest absolute Gasteiger partial charge is 0.305 e. The first kappa shape index (κ1) is 48.3. The number of carbonyl (C=O) groups is 3. The Morgan fingerprint density at radius 2 is 0.680 bits per heavy atom. The lowest BCUT2D eigenvalue weighted by molar-refractivity contribution is -0.144. The Balaban J connectivity index is 3.93. The molecule has 50 heavy (non-hydrogen) atoms. The average Bonchev–Trinajstić information content (AvgIpc) is 3.07. The number of esters is 1. The second kappa shape index (κ2) is 38.6. The number of nitrogens with zero attached hydrogens (tertiary/aromatic N) is 2. The van der Waals surface area contributed by atoms with Crippen LogP contribution in [0.4, 0.5) is 0 Å². The van der Waals surface area contributed by atoms with Crippen LogP contribution in [0.15, 0.2) is 0 Å². The molecule has 296 valence electrons. The minimum absolute atomic E-state index is 0.0623. The molecule has 0 atom stereocenters. The monoisotopic (exact) mass is 711 g/mol. The van der Waals surface area contributed by atoms with Crippen LogP contribution in [0.1, 0.15) is 205 Å². The standard InChI is InChI=1S/C42H82N2O6/c1-43(2)35-31-34-42(49)50-39-38-44(36-29-25-21-17-13-9-5-3-7-11-15-19-23-27-32-40(45)46)37-30-26-22-18-14-10-6-4-8-12-16-20-24-28-33-41(47)48/h3-39H2,1-2H3,(H,45,46)(H,47,48). The van der Waals surface area contributed by atoms with Gasteiger partial charge >= 0.3 is 17.9 Å². The summed E-state index contributed by atoms with van der Waals surface area (Å²) < 4.78 is 5.59. The molecule has 8 heteroatoms. The first-order valence-electron chi connectivity index (χ1n) is 21.3. The molecule has 0 heterocycles. The van der Waals surface area contributed by atoms with E-state index in [1.165, 1.54) is 154 Å². The van der Waals surface area contributed by atoms with Gasteiger partial charge in [-0.25, -0.2) is 0 Å². The number of rotatable bonds is 41. The van der Waals surface area contributed by atoms with E-state index in [0.717, 1.165) is 58.3 Å². The lowest BCUT2D eigenvalue weighted by Gasteiger charge is -2.22. The van der Waals surface area contributed by atoms with Crippen LogP contribution in [0, 0.1) is 0 Å². The Morgan fingerprint density at radius 1 is 0.380 bits per heavy atom. The minimum Gasteiger partial charge on any atom is -0.481 e. The van der Waals surface area contributed by atoms with E-state index in [9.17, 15) is 14.4 Å². The lowest BCUT2D eigenvalue weighted by Crippen LogP contribution is -2.30. The Kier molecular flexibility index (Phi) is 37.3. The summed E-state index contributed by atoms with van der Waals surface area (Å²) in [6.07, 6.45) is 37.0. The number of carboxylic acid groups (broad SMARTS) is 2. The molecule has 0 aliphatic carbocycles. The van der Waals surface area contributed by atoms with Crippen LogP contribution in [0.25, 0.3) is 0 Å². The molecule has 0 aliphatic rings. The minimum atomic E-state index is -0.670. The molecule has 0 saturated heterocycles. The molecule has 0 aromatic rings. The van der Waals surface area contributed by atoms with Crippen molar-refractivity contribution >= 4 is 17.9 Å². The third-order valence-electron chi connectivity index (χ3n) is 9.89. The van der Waals surface area contributed by atoms with Crippen LogP contribution in [0.5, 0.6) is 0 Å². The van der Waals surface area contributed by atoms with Gasteiger partial charge in [0.2, 0.25) is 0 Å². The fourth-order valence-electron chi connectivity index (χ4n) is 6.70. The molecule has 0 radical (unpaired) electrons. The predicted molar refractivity (Wildman–Crippen MR) is 209 cm³/mol. The van der Waals surface area contributed by atoms with E-state index in [2.05, 4.69) is 9.80 Å². The molecule has 0 rings (SSSR count). The predicted octanol–water partition coefficient (Wildman–Crippen LogP) is 11.0. The normalized spacial score (nSPS) is 11.5. The third kappa shape index (κ3) is 40.8. The summed E-state index contributed by atoms with van der Waals surface area (Å²) in [5, 5.41) is 17.4. The van der Waals surface area contributed by atoms with E-state index >= 15 is 0 Å². The lowest BCUT2D eigenvalue weighted by atomic mass is 10.0. The summed E-state index contributed by atoms with van der Waals surface area (Å²) in [6, 6.07) is 0. The molecule has 0 aliphatic heterocycles. The fourth-order valence-corrected chi connectivity index (χ4v) is 6.70. The van der Waals surface area contributed by atoms with E-state index in [-0.39, 0.29) is 5.97 Å². The zero-order chi connectivity index (χ0) is 36.8. The highest BCUT2D eigenvalue weighted by atomic mass is 16.5. The Morgan fingerprint density at radius 3 is 0.980 bits per heavy atom. The zero-order valence-electron chi connectivity index (χ0n) is 33.1. The van der Waals surface area contributed by atoms with Gasteiger partial charge in [-0.1, -0.05) is 154 Å². The molecule has 0 bridgehead atoms. The molecule has 8 nitrogen and oxygen atoms in total. The molecule has 0 unspecified atom stereocenters. The van der Waals surface area contributed by atoms with E-state index in [0.29, 0.717) is 25.9 Å². The van der Waals surface area contributed by atoms with Gasteiger partial charge in [-0.3, -0.25) is 19.3 Å². The molecular weight excluding hydrogens is 628 g/mol. The molecular formula is C42H82N2O6. The van der Waals surface area contributed by atoms with Gasteiger partial charge in [0.25, 0.3) is 0 Å². The summed E-state index contributed by atoms with van der Waals surface area (Å²) in [5.41, 5.74) is 0. The van der Waals surface area contributed by atoms with Gasteiger partial charge in [0.1, 0.15) is 6.61 Å². The van der Waals surface area contributed by atoms with Crippen molar-refractivity contribution < 1.29 is 29.3 Å². The van der Waals surface area contributed by atoms with Crippen LogP contribution >= 0.6 is 0 Å². The van der Waals surface area contributed by atoms with Gasteiger partial charge in [-0.15, -0.1) is 0 Å². The molecule has 0 aromatic heterocycles. The Hall–Kier alpha value is -1.67. The van der Waals surface area contributed by atoms with E-state index in [1.807, 2.05) is 14.1 Å². The summed E-state index contributed by atoms with van der Waals surface area (Å²) in [7, 11) is 4.07. The maximum absolute atomic E-state index is 12.2. The molecule has 0 amide bonds. The third-order valence-corrected chi connectivity index (χ3v) is 9.89. The van der Waals surface area contributed by atoms with Gasteiger partial charge in [0, 0.05) is 25.8 Å². The molecule has 2 N–H and O–H groups in total. The van der Waals surface area contributed by atoms with Crippen molar-refractivity contribution in [1.82, 2.24) is 9.80 Å². The van der Waals surface area contributed by atoms with E-state index in [1.54, 1.807) is 0 Å². The van der Waals surface area contributed by atoms with Crippen molar-refractivity contribution in [3.8, 4) is 0 Å². The Bertz CT molecular complexity index is 717. The van der Waals surface area contributed by atoms with Crippen molar-refractivity contribution in [3.63, 3.8) is 0 Å². The summed E-state index contributed by atoms with van der Waals surface area (Å²) in [4.78, 5) is 37.9.